The minimum atomic E-state index is -0.701. The maximum Gasteiger partial charge on any atom is 0.335 e. The molecule has 0 aliphatic rings. The quantitative estimate of drug-likeness (QED) is 0.464. The molecule has 0 fully saturated rings. The molecule has 6 nitrogen and oxygen atoms in total. The lowest BCUT2D eigenvalue weighted by Crippen LogP contribution is -2.31. The van der Waals surface area contributed by atoms with E-state index >= 15 is 0 Å². The SMILES string of the molecule is Cc1cccc(-n2c(O)c(C=Nc3ccc(I)cc3)c(=O)[nH]c2=O)c1C. The number of halogens is 1. The van der Waals surface area contributed by atoms with Crippen LogP contribution in [0.4, 0.5) is 5.69 Å². The molecular formula is C19H16IN3O3. The molecule has 0 amide bonds. The topological polar surface area (TPSA) is 87.4 Å². The molecule has 0 unspecified atom stereocenters. The van der Waals surface area contributed by atoms with E-state index in [4.69, 9.17) is 0 Å². The second kappa shape index (κ2) is 7.28. The van der Waals surface area contributed by atoms with Gasteiger partial charge in [-0.2, -0.15) is 0 Å². The zero-order valence-corrected chi connectivity index (χ0v) is 16.3. The largest absolute Gasteiger partial charge is 0.493 e. The van der Waals surface area contributed by atoms with E-state index < -0.39 is 17.1 Å². The molecule has 0 aliphatic heterocycles. The average molecular weight is 461 g/mol. The van der Waals surface area contributed by atoms with E-state index in [1.165, 1.54) is 6.21 Å². The van der Waals surface area contributed by atoms with Gasteiger partial charge in [0.25, 0.3) is 5.56 Å². The minimum absolute atomic E-state index is 0.0796. The monoisotopic (exact) mass is 461 g/mol. The number of nitrogens with zero attached hydrogens (tertiary/aromatic N) is 2. The van der Waals surface area contributed by atoms with E-state index in [2.05, 4.69) is 32.6 Å². The van der Waals surface area contributed by atoms with E-state index in [1.807, 2.05) is 32.0 Å². The maximum atomic E-state index is 12.3. The Bertz CT molecular complexity index is 1110. The van der Waals surface area contributed by atoms with Gasteiger partial charge < -0.3 is 5.11 Å². The van der Waals surface area contributed by atoms with Crippen molar-refractivity contribution in [3.63, 3.8) is 0 Å². The second-order valence-electron chi connectivity index (χ2n) is 5.79. The van der Waals surface area contributed by atoms with Crippen molar-refractivity contribution in [3.05, 3.63) is 83.6 Å². The number of hydrogen-bond donors (Lipinski definition) is 2. The molecular weight excluding hydrogens is 445 g/mol. The Balaban J connectivity index is 2.16. The summed E-state index contributed by atoms with van der Waals surface area (Å²) in [5, 5.41) is 10.6. The first-order valence-electron chi connectivity index (χ1n) is 7.83. The molecule has 26 heavy (non-hydrogen) atoms. The highest BCUT2D eigenvalue weighted by molar-refractivity contribution is 14.1. The van der Waals surface area contributed by atoms with Gasteiger partial charge >= 0.3 is 5.69 Å². The fraction of sp³-hybridized carbons (Fsp3) is 0.105. The van der Waals surface area contributed by atoms with Gasteiger partial charge in [-0.25, -0.2) is 9.36 Å². The van der Waals surface area contributed by atoms with Crippen molar-refractivity contribution >= 4 is 34.5 Å². The summed E-state index contributed by atoms with van der Waals surface area (Å²) in [4.78, 5) is 30.9. The Labute approximate surface area is 163 Å². The number of aryl methyl sites for hydroxylation is 1. The lowest BCUT2D eigenvalue weighted by molar-refractivity contribution is 0.430. The molecule has 1 aromatic heterocycles. The molecule has 132 valence electrons. The zero-order valence-electron chi connectivity index (χ0n) is 14.2. The van der Waals surface area contributed by atoms with Gasteiger partial charge in [-0.05, 0) is 77.9 Å². The third-order valence-electron chi connectivity index (χ3n) is 4.11. The molecule has 0 atom stereocenters. The van der Waals surface area contributed by atoms with Crippen LogP contribution in [-0.4, -0.2) is 20.9 Å². The molecule has 7 heteroatoms. The first-order valence-corrected chi connectivity index (χ1v) is 8.91. The summed E-state index contributed by atoms with van der Waals surface area (Å²) in [6, 6.07) is 12.8. The summed E-state index contributed by atoms with van der Waals surface area (Å²) < 4.78 is 2.14. The highest BCUT2D eigenvalue weighted by Crippen LogP contribution is 2.21. The summed E-state index contributed by atoms with van der Waals surface area (Å²) in [5.74, 6) is -0.443. The first kappa shape index (κ1) is 18.1. The molecule has 2 N–H and O–H groups in total. The molecule has 0 aliphatic carbocycles. The van der Waals surface area contributed by atoms with Crippen LogP contribution in [0.3, 0.4) is 0 Å². The number of hydrogen-bond acceptors (Lipinski definition) is 4. The van der Waals surface area contributed by atoms with Gasteiger partial charge in [0.1, 0.15) is 5.56 Å². The smallest absolute Gasteiger partial charge is 0.335 e. The van der Waals surface area contributed by atoms with Gasteiger partial charge in [0, 0.05) is 9.78 Å². The Hall–Kier alpha value is -2.68. The third kappa shape index (κ3) is 3.48. The highest BCUT2D eigenvalue weighted by atomic mass is 127. The molecule has 0 saturated heterocycles. The summed E-state index contributed by atoms with van der Waals surface area (Å²) in [6.07, 6.45) is 1.26. The van der Waals surface area contributed by atoms with Gasteiger partial charge in [0.05, 0.1) is 11.4 Å². The predicted octanol–water partition coefficient (Wildman–Crippen LogP) is 3.20. The van der Waals surface area contributed by atoms with Gasteiger partial charge in [0.2, 0.25) is 5.88 Å². The molecule has 1 heterocycles. The number of aromatic amines is 1. The normalized spacial score (nSPS) is 11.2. The Kier molecular flexibility index (Phi) is 5.08. The number of rotatable bonds is 3. The van der Waals surface area contributed by atoms with Gasteiger partial charge in [-0.3, -0.25) is 14.8 Å². The Morgan fingerprint density at radius 1 is 1.12 bits per heavy atom. The van der Waals surface area contributed by atoms with Crippen LogP contribution in [-0.2, 0) is 0 Å². The molecule has 3 rings (SSSR count). The second-order valence-corrected chi connectivity index (χ2v) is 7.03. The van der Waals surface area contributed by atoms with Crippen LogP contribution < -0.4 is 11.2 Å². The Morgan fingerprint density at radius 3 is 2.50 bits per heavy atom. The van der Waals surface area contributed by atoms with E-state index in [9.17, 15) is 14.7 Å². The van der Waals surface area contributed by atoms with E-state index in [0.717, 1.165) is 19.3 Å². The van der Waals surface area contributed by atoms with Crippen LogP contribution in [0.25, 0.3) is 5.69 Å². The highest BCUT2D eigenvalue weighted by Gasteiger charge is 2.16. The van der Waals surface area contributed by atoms with Crippen molar-refractivity contribution in [2.45, 2.75) is 13.8 Å². The summed E-state index contributed by atoms with van der Waals surface area (Å²) in [6.45, 7) is 3.76. The van der Waals surface area contributed by atoms with Crippen molar-refractivity contribution in [1.82, 2.24) is 9.55 Å². The summed E-state index contributed by atoms with van der Waals surface area (Å²) in [7, 11) is 0. The van der Waals surface area contributed by atoms with Crippen molar-refractivity contribution in [2.75, 3.05) is 0 Å². The fourth-order valence-electron chi connectivity index (χ4n) is 2.52. The summed E-state index contributed by atoms with van der Waals surface area (Å²) >= 11 is 2.18. The van der Waals surface area contributed by atoms with Crippen LogP contribution in [0.5, 0.6) is 5.88 Å². The standard InChI is InChI=1S/C19H16IN3O3/c1-11-4-3-5-16(12(11)2)23-18(25)15(17(24)22-19(23)26)10-21-14-8-6-13(20)7-9-14/h3-10,25H,1-2H3,(H,22,24,26). The molecule has 0 saturated carbocycles. The van der Waals surface area contributed by atoms with Crippen LogP contribution in [0, 0.1) is 17.4 Å². The summed E-state index contributed by atoms with van der Waals surface area (Å²) in [5.41, 5.74) is 1.47. The van der Waals surface area contributed by atoms with Gasteiger partial charge in [0.15, 0.2) is 0 Å². The molecule has 0 bridgehead atoms. The molecule has 3 aromatic rings. The zero-order chi connectivity index (χ0) is 18.8. The third-order valence-corrected chi connectivity index (χ3v) is 4.83. The van der Waals surface area contributed by atoms with Crippen molar-refractivity contribution in [2.24, 2.45) is 4.99 Å². The van der Waals surface area contributed by atoms with Crippen LogP contribution in [0.2, 0.25) is 0 Å². The fourth-order valence-corrected chi connectivity index (χ4v) is 2.88. The number of aliphatic imine (C=N–C) groups is 1. The lowest BCUT2D eigenvalue weighted by Gasteiger charge is -2.13. The Morgan fingerprint density at radius 2 is 1.81 bits per heavy atom. The number of aromatic hydroxyl groups is 1. The number of nitrogens with one attached hydrogen (secondary N) is 1. The number of H-pyrrole nitrogens is 1. The van der Waals surface area contributed by atoms with Crippen LogP contribution in [0.1, 0.15) is 16.7 Å². The van der Waals surface area contributed by atoms with Gasteiger partial charge in [-0.1, -0.05) is 12.1 Å². The molecule has 2 aromatic carbocycles. The van der Waals surface area contributed by atoms with Gasteiger partial charge in [-0.15, -0.1) is 0 Å². The van der Waals surface area contributed by atoms with E-state index in [0.29, 0.717) is 11.4 Å². The van der Waals surface area contributed by atoms with Crippen molar-refractivity contribution in [1.29, 1.82) is 0 Å². The van der Waals surface area contributed by atoms with E-state index in [-0.39, 0.29) is 5.56 Å². The minimum Gasteiger partial charge on any atom is -0.493 e. The van der Waals surface area contributed by atoms with Crippen LogP contribution >= 0.6 is 22.6 Å². The maximum absolute atomic E-state index is 12.3. The van der Waals surface area contributed by atoms with Crippen molar-refractivity contribution in [3.8, 4) is 11.6 Å². The number of benzene rings is 2. The predicted molar refractivity (Wildman–Crippen MR) is 110 cm³/mol. The first-order chi connectivity index (χ1) is 12.4. The van der Waals surface area contributed by atoms with Crippen LogP contribution in [0.15, 0.2) is 57.0 Å². The number of aromatic nitrogens is 2. The molecule has 0 radical (unpaired) electrons. The molecule has 0 spiro atoms. The lowest BCUT2D eigenvalue weighted by atomic mass is 10.1. The average Bonchev–Trinajstić information content (AvgIpc) is 2.59. The van der Waals surface area contributed by atoms with Crippen molar-refractivity contribution < 1.29 is 5.11 Å². The van der Waals surface area contributed by atoms with E-state index in [1.54, 1.807) is 24.3 Å².